The molecule has 1 aromatic carbocycles. The van der Waals surface area contributed by atoms with Gasteiger partial charge in [-0.15, -0.1) is 0 Å². The van der Waals surface area contributed by atoms with Gasteiger partial charge >= 0.3 is 0 Å². The summed E-state index contributed by atoms with van der Waals surface area (Å²) in [6.07, 6.45) is 4.25. The van der Waals surface area contributed by atoms with Crippen LogP contribution in [0.25, 0.3) is 16.7 Å². The standard InChI is InChI=1S/C19H22N6O2/c26-18-16-11-21-25(14-4-2-1-3-5-14)17(16)22-19(23-18)20-10-15-12-24(8-9-27-15)13-6-7-13/h1-5,11,13,15H,6-10,12H2,(H2,20,22,23,26). The van der Waals surface area contributed by atoms with Crippen LogP contribution in [0.5, 0.6) is 0 Å². The van der Waals surface area contributed by atoms with E-state index in [-0.39, 0.29) is 11.7 Å². The van der Waals surface area contributed by atoms with Gasteiger partial charge in [-0.05, 0) is 25.0 Å². The minimum atomic E-state index is -0.200. The van der Waals surface area contributed by atoms with Crippen LogP contribution in [0.2, 0.25) is 0 Å². The van der Waals surface area contributed by atoms with Gasteiger partial charge in [0.2, 0.25) is 5.95 Å². The van der Waals surface area contributed by atoms with Crippen LogP contribution in [0.1, 0.15) is 12.8 Å². The highest BCUT2D eigenvalue weighted by atomic mass is 16.5. The molecule has 1 saturated carbocycles. The molecule has 2 fully saturated rings. The Morgan fingerprint density at radius 1 is 1.26 bits per heavy atom. The lowest BCUT2D eigenvalue weighted by Gasteiger charge is -2.33. The van der Waals surface area contributed by atoms with Crippen LogP contribution in [0.3, 0.4) is 0 Å². The third-order valence-electron chi connectivity index (χ3n) is 5.17. The van der Waals surface area contributed by atoms with Gasteiger partial charge in [-0.3, -0.25) is 14.7 Å². The Kier molecular flexibility index (Phi) is 4.14. The maximum Gasteiger partial charge on any atom is 0.263 e. The number of hydrogen-bond acceptors (Lipinski definition) is 6. The number of aromatic nitrogens is 4. The van der Waals surface area contributed by atoms with Gasteiger partial charge in [-0.25, -0.2) is 4.68 Å². The van der Waals surface area contributed by atoms with Crippen molar-refractivity contribution in [3.8, 4) is 5.69 Å². The third kappa shape index (κ3) is 3.33. The Morgan fingerprint density at radius 3 is 2.93 bits per heavy atom. The van der Waals surface area contributed by atoms with Crippen molar-refractivity contribution in [1.29, 1.82) is 0 Å². The molecular weight excluding hydrogens is 344 g/mol. The van der Waals surface area contributed by atoms with Crippen molar-refractivity contribution in [3.05, 3.63) is 46.9 Å². The predicted molar refractivity (Wildman–Crippen MR) is 102 cm³/mol. The van der Waals surface area contributed by atoms with E-state index in [0.717, 1.165) is 31.4 Å². The summed E-state index contributed by atoms with van der Waals surface area (Å²) in [5, 5.41) is 8.04. The van der Waals surface area contributed by atoms with E-state index in [9.17, 15) is 4.79 Å². The summed E-state index contributed by atoms with van der Waals surface area (Å²) in [4.78, 5) is 22.3. The van der Waals surface area contributed by atoms with Gasteiger partial charge in [0.05, 0.1) is 24.6 Å². The summed E-state index contributed by atoms with van der Waals surface area (Å²) in [5.41, 5.74) is 1.21. The molecule has 1 saturated heterocycles. The number of benzene rings is 1. The quantitative estimate of drug-likeness (QED) is 0.709. The summed E-state index contributed by atoms with van der Waals surface area (Å²) < 4.78 is 7.54. The lowest BCUT2D eigenvalue weighted by molar-refractivity contribution is -0.0242. The van der Waals surface area contributed by atoms with Gasteiger partial charge in [0.25, 0.3) is 5.56 Å². The van der Waals surface area contributed by atoms with Crippen molar-refractivity contribution < 1.29 is 4.74 Å². The number of aromatic amines is 1. The summed E-state index contributed by atoms with van der Waals surface area (Å²) >= 11 is 0. The molecule has 2 aliphatic rings. The number of rotatable bonds is 5. The van der Waals surface area contributed by atoms with Crippen molar-refractivity contribution in [2.75, 3.05) is 31.6 Å². The molecule has 1 atom stereocenters. The van der Waals surface area contributed by atoms with E-state index < -0.39 is 0 Å². The molecule has 1 unspecified atom stereocenters. The Morgan fingerprint density at radius 2 is 2.11 bits per heavy atom. The van der Waals surface area contributed by atoms with Gasteiger partial charge in [0.15, 0.2) is 5.65 Å². The molecule has 8 nitrogen and oxygen atoms in total. The van der Waals surface area contributed by atoms with Crippen molar-refractivity contribution in [2.45, 2.75) is 25.0 Å². The monoisotopic (exact) mass is 366 g/mol. The SMILES string of the molecule is O=c1[nH]c(NCC2CN(C3CC3)CCO2)nc2c1cnn2-c1ccccc1. The molecule has 27 heavy (non-hydrogen) atoms. The maximum absolute atomic E-state index is 12.4. The number of morpholine rings is 1. The molecule has 0 bridgehead atoms. The largest absolute Gasteiger partial charge is 0.374 e. The van der Waals surface area contributed by atoms with Gasteiger partial charge in [0, 0.05) is 25.7 Å². The first-order chi connectivity index (χ1) is 13.3. The van der Waals surface area contributed by atoms with Gasteiger partial charge in [-0.1, -0.05) is 18.2 Å². The summed E-state index contributed by atoms with van der Waals surface area (Å²) in [6, 6.07) is 10.4. The van der Waals surface area contributed by atoms with Crippen LogP contribution >= 0.6 is 0 Å². The van der Waals surface area contributed by atoms with Crippen molar-refractivity contribution in [1.82, 2.24) is 24.6 Å². The van der Waals surface area contributed by atoms with E-state index in [1.54, 1.807) is 10.9 Å². The smallest absolute Gasteiger partial charge is 0.263 e. The summed E-state index contributed by atoms with van der Waals surface area (Å²) in [5.74, 6) is 0.442. The zero-order chi connectivity index (χ0) is 18.2. The number of para-hydroxylation sites is 1. The highest BCUT2D eigenvalue weighted by Crippen LogP contribution is 2.28. The van der Waals surface area contributed by atoms with Gasteiger partial charge in [-0.2, -0.15) is 10.1 Å². The number of nitrogens with zero attached hydrogens (tertiary/aromatic N) is 4. The second-order valence-electron chi connectivity index (χ2n) is 7.14. The minimum absolute atomic E-state index is 0.0967. The molecular formula is C19H22N6O2. The molecule has 140 valence electrons. The zero-order valence-corrected chi connectivity index (χ0v) is 15.0. The first kappa shape index (κ1) is 16.5. The minimum Gasteiger partial charge on any atom is -0.374 e. The number of hydrogen-bond donors (Lipinski definition) is 2. The zero-order valence-electron chi connectivity index (χ0n) is 15.0. The lowest BCUT2D eigenvalue weighted by Crippen LogP contribution is -2.46. The molecule has 0 amide bonds. The second-order valence-corrected chi connectivity index (χ2v) is 7.14. The molecule has 5 rings (SSSR count). The molecule has 1 aliphatic heterocycles. The fourth-order valence-corrected chi connectivity index (χ4v) is 3.61. The van der Waals surface area contributed by atoms with Gasteiger partial charge < -0.3 is 10.1 Å². The Hall–Kier alpha value is -2.71. The van der Waals surface area contributed by atoms with Crippen LogP contribution in [0.4, 0.5) is 5.95 Å². The Bertz CT molecular complexity index is 994. The Balaban J connectivity index is 1.36. The van der Waals surface area contributed by atoms with E-state index in [1.165, 1.54) is 12.8 Å². The summed E-state index contributed by atoms with van der Waals surface area (Å²) in [6.45, 7) is 3.30. The number of ether oxygens (including phenoxy) is 1. The number of nitrogens with one attached hydrogen (secondary N) is 2. The van der Waals surface area contributed by atoms with E-state index in [4.69, 9.17) is 4.74 Å². The molecule has 3 aromatic rings. The highest BCUT2D eigenvalue weighted by Gasteiger charge is 2.32. The lowest BCUT2D eigenvalue weighted by atomic mass is 10.2. The number of anilines is 1. The third-order valence-corrected chi connectivity index (χ3v) is 5.17. The number of fused-ring (bicyclic) bond motifs is 1. The van der Waals surface area contributed by atoms with Crippen molar-refractivity contribution >= 4 is 17.0 Å². The molecule has 2 aromatic heterocycles. The average molecular weight is 366 g/mol. The van der Waals surface area contributed by atoms with E-state index in [1.807, 2.05) is 30.3 Å². The van der Waals surface area contributed by atoms with Gasteiger partial charge in [0.1, 0.15) is 5.39 Å². The molecule has 8 heteroatoms. The normalized spacial score (nSPS) is 20.8. The first-order valence-electron chi connectivity index (χ1n) is 9.41. The van der Waals surface area contributed by atoms with Crippen molar-refractivity contribution in [3.63, 3.8) is 0 Å². The topological polar surface area (TPSA) is 88.1 Å². The van der Waals surface area contributed by atoms with Crippen LogP contribution in [0, 0.1) is 0 Å². The summed E-state index contributed by atoms with van der Waals surface area (Å²) in [7, 11) is 0. The van der Waals surface area contributed by atoms with Crippen LogP contribution in [-0.2, 0) is 4.74 Å². The fourth-order valence-electron chi connectivity index (χ4n) is 3.61. The molecule has 3 heterocycles. The molecule has 0 spiro atoms. The van der Waals surface area contributed by atoms with Crippen molar-refractivity contribution in [2.24, 2.45) is 0 Å². The Labute approximate surface area is 156 Å². The van der Waals surface area contributed by atoms with Crippen LogP contribution in [-0.4, -0.2) is 63.0 Å². The highest BCUT2D eigenvalue weighted by molar-refractivity contribution is 5.76. The van der Waals surface area contributed by atoms with Crippen LogP contribution < -0.4 is 10.9 Å². The number of H-pyrrole nitrogens is 1. The molecule has 1 aliphatic carbocycles. The predicted octanol–water partition coefficient (Wildman–Crippen LogP) is 1.38. The van der Waals surface area contributed by atoms with E-state index in [0.29, 0.717) is 23.5 Å². The molecule has 2 N–H and O–H groups in total. The second kappa shape index (κ2) is 6.79. The average Bonchev–Trinajstić information content (AvgIpc) is 3.47. The molecule has 0 radical (unpaired) electrons. The van der Waals surface area contributed by atoms with E-state index >= 15 is 0 Å². The fraction of sp³-hybridized carbons (Fsp3) is 0.421. The van der Waals surface area contributed by atoms with E-state index in [2.05, 4.69) is 25.3 Å². The van der Waals surface area contributed by atoms with Crippen LogP contribution in [0.15, 0.2) is 41.3 Å². The maximum atomic E-state index is 12.4. The first-order valence-corrected chi connectivity index (χ1v) is 9.41.